The molecular formula is C19H19N3O5. The summed E-state index contributed by atoms with van der Waals surface area (Å²) in [6, 6.07) is 7.12. The Morgan fingerprint density at radius 2 is 1.81 bits per heavy atom. The second kappa shape index (κ2) is 7.06. The number of H-pyrrole nitrogens is 2. The van der Waals surface area contributed by atoms with Gasteiger partial charge in [0.15, 0.2) is 11.8 Å². The molecule has 3 aromatic rings. The number of nitrogens with zero attached hydrogens (tertiary/aromatic N) is 1. The molecule has 0 aliphatic heterocycles. The van der Waals surface area contributed by atoms with E-state index in [2.05, 4.69) is 15.2 Å². The number of carbonyl (C=O) groups is 3. The number of benzene rings is 1. The molecular weight excluding hydrogens is 350 g/mol. The topological polar surface area (TPSA) is 114 Å². The maximum Gasteiger partial charge on any atom is 0.360 e. The van der Waals surface area contributed by atoms with Crippen LogP contribution in [0.3, 0.4) is 0 Å². The maximum atomic E-state index is 12.7. The lowest BCUT2D eigenvalue weighted by molar-refractivity contribution is 0.0313. The lowest BCUT2D eigenvalue weighted by Gasteiger charge is -2.11. The number of carbonyl (C=O) groups excluding carboxylic acids is 3. The molecule has 0 unspecified atom stereocenters. The van der Waals surface area contributed by atoms with Crippen molar-refractivity contribution in [3.8, 4) is 0 Å². The van der Waals surface area contributed by atoms with Crippen molar-refractivity contribution in [3.63, 3.8) is 0 Å². The molecule has 0 aliphatic carbocycles. The molecule has 0 bridgehead atoms. The van der Waals surface area contributed by atoms with Gasteiger partial charge in [-0.2, -0.15) is 5.10 Å². The number of para-hydroxylation sites is 1. The summed E-state index contributed by atoms with van der Waals surface area (Å²) in [6.45, 7) is 4.78. The van der Waals surface area contributed by atoms with Gasteiger partial charge in [0.05, 0.1) is 23.9 Å². The van der Waals surface area contributed by atoms with Crippen LogP contribution in [0, 0.1) is 13.8 Å². The van der Waals surface area contributed by atoms with E-state index >= 15 is 0 Å². The first-order valence-electron chi connectivity index (χ1n) is 8.31. The molecule has 2 heterocycles. The van der Waals surface area contributed by atoms with E-state index in [9.17, 15) is 14.4 Å². The lowest BCUT2D eigenvalue weighted by Crippen LogP contribution is -2.25. The van der Waals surface area contributed by atoms with Crippen LogP contribution in [0.2, 0.25) is 0 Å². The van der Waals surface area contributed by atoms with Crippen molar-refractivity contribution in [3.05, 3.63) is 52.5 Å². The molecule has 0 aliphatic rings. The fourth-order valence-electron chi connectivity index (χ4n) is 3.00. The van der Waals surface area contributed by atoms with Crippen LogP contribution >= 0.6 is 0 Å². The first-order chi connectivity index (χ1) is 12.8. The largest absolute Gasteiger partial charge is 0.465 e. The highest BCUT2D eigenvalue weighted by Crippen LogP contribution is 2.22. The number of rotatable bonds is 5. The Labute approximate surface area is 154 Å². The number of hydrogen-bond donors (Lipinski definition) is 2. The highest BCUT2D eigenvalue weighted by molar-refractivity contribution is 6.06. The van der Waals surface area contributed by atoms with E-state index in [-0.39, 0.29) is 11.4 Å². The smallest absolute Gasteiger partial charge is 0.360 e. The summed E-state index contributed by atoms with van der Waals surface area (Å²) in [7, 11) is 1.27. The van der Waals surface area contributed by atoms with Crippen LogP contribution in [-0.4, -0.2) is 46.1 Å². The molecule has 2 aromatic heterocycles. The fourth-order valence-corrected chi connectivity index (χ4v) is 3.00. The Hall–Kier alpha value is -3.42. The summed E-state index contributed by atoms with van der Waals surface area (Å²) in [6.07, 6.45) is -1.06. The zero-order valence-electron chi connectivity index (χ0n) is 15.4. The molecule has 3 rings (SSSR count). The standard InChI is InChI=1S/C19H19N3O5/c1-9-14(18(24)26-4)10(2)20-15(9)17(23)11(3)27-19(25)16-12-7-5-6-8-13(12)21-22-16/h5-8,11,20H,1-4H3,(H,21,22)/t11-/m0/s1. The summed E-state index contributed by atoms with van der Waals surface area (Å²) in [5.74, 6) is -1.69. The van der Waals surface area contributed by atoms with E-state index in [0.29, 0.717) is 27.7 Å². The van der Waals surface area contributed by atoms with Gasteiger partial charge in [-0.05, 0) is 32.4 Å². The number of ketones is 1. The molecule has 0 saturated carbocycles. The second-order valence-corrected chi connectivity index (χ2v) is 6.15. The van der Waals surface area contributed by atoms with Crippen molar-refractivity contribution in [1.82, 2.24) is 15.2 Å². The number of esters is 2. The van der Waals surface area contributed by atoms with E-state index in [1.807, 2.05) is 6.07 Å². The Balaban J connectivity index is 1.82. The first kappa shape index (κ1) is 18.4. The summed E-state index contributed by atoms with van der Waals surface area (Å²) >= 11 is 0. The Morgan fingerprint density at radius 3 is 2.52 bits per heavy atom. The van der Waals surface area contributed by atoms with E-state index in [1.165, 1.54) is 14.0 Å². The number of aryl methyl sites for hydroxylation is 1. The van der Waals surface area contributed by atoms with E-state index in [4.69, 9.17) is 9.47 Å². The Kier molecular flexibility index (Phi) is 4.81. The zero-order chi connectivity index (χ0) is 19.7. The highest BCUT2D eigenvalue weighted by Gasteiger charge is 2.28. The minimum absolute atomic E-state index is 0.111. The molecule has 0 spiro atoms. The molecule has 0 saturated heterocycles. The van der Waals surface area contributed by atoms with Gasteiger partial charge in [-0.15, -0.1) is 0 Å². The van der Waals surface area contributed by atoms with Crippen LogP contribution in [0.5, 0.6) is 0 Å². The predicted molar refractivity (Wildman–Crippen MR) is 96.9 cm³/mol. The van der Waals surface area contributed by atoms with Crippen molar-refractivity contribution >= 4 is 28.6 Å². The number of nitrogens with one attached hydrogen (secondary N) is 2. The highest BCUT2D eigenvalue weighted by atomic mass is 16.5. The average Bonchev–Trinajstić information content (AvgIpc) is 3.21. The molecule has 0 radical (unpaired) electrons. The van der Waals surface area contributed by atoms with Crippen LogP contribution < -0.4 is 0 Å². The van der Waals surface area contributed by atoms with Crippen molar-refractivity contribution in [2.45, 2.75) is 26.9 Å². The van der Waals surface area contributed by atoms with Crippen LogP contribution in [0.4, 0.5) is 0 Å². The minimum Gasteiger partial charge on any atom is -0.465 e. The normalized spacial score (nSPS) is 12.0. The molecule has 0 amide bonds. The minimum atomic E-state index is -1.06. The summed E-state index contributed by atoms with van der Waals surface area (Å²) in [5.41, 5.74) is 2.29. The lowest BCUT2D eigenvalue weighted by atomic mass is 10.1. The van der Waals surface area contributed by atoms with Gasteiger partial charge in [0.25, 0.3) is 0 Å². The van der Waals surface area contributed by atoms with Crippen LogP contribution in [0.15, 0.2) is 24.3 Å². The van der Waals surface area contributed by atoms with Crippen molar-refractivity contribution in [2.24, 2.45) is 0 Å². The molecule has 1 aromatic carbocycles. The van der Waals surface area contributed by atoms with Crippen LogP contribution in [0.1, 0.15) is 49.5 Å². The van der Waals surface area contributed by atoms with Crippen molar-refractivity contribution in [2.75, 3.05) is 7.11 Å². The Bertz CT molecular complexity index is 1050. The van der Waals surface area contributed by atoms with E-state index < -0.39 is 23.8 Å². The number of aromatic nitrogens is 3. The van der Waals surface area contributed by atoms with Gasteiger partial charge in [0, 0.05) is 11.1 Å². The molecule has 8 heteroatoms. The number of Topliss-reactive ketones (excluding diaryl/α,β-unsaturated/α-hetero) is 1. The van der Waals surface area contributed by atoms with Gasteiger partial charge in [-0.3, -0.25) is 9.89 Å². The Morgan fingerprint density at radius 1 is 1.11 bits per heavy atom. The summed E-state index contributed by atoms with van der Waals surface area (Å²) < 4.78 is 10.0. The van der Waals surface area contributed by atoms with Crippen LogP contribution in [-0.2, 0) is 9.47 Å². The van der Waals surface area contributed by atoms with Gasteiger partial charge < -0.3 is 14.5 Å². The number of methoxy groups -OCH3 is 1. The van der Waals surface area contributed by atoms with Gasteiger partial charge in [-0.25, -0.2) is 9.59 Å². The first-order valence-corrected chi connectivity index (χ1v) is 8.31. The van der Waals surface area contributed by atoms with E-state index in [1.54, 1.807) is 32.0 Å². The quantitative estimate of drug-likeness (QED) is 0.528. The predicted octanol–water partition coefficient (Wildman–Crippen LogP) is 2.72. The fraction of sp³-hybridized carbons (Fsp3) is 0.263. The second-order valence-electron chi connectivity index (χ2n) is 6.15. The van der Waals surface area contributed by atoms with Gasteiger partial charge >= 0.3 is 11.9 Å². The zero-order valence-corrected chi connectivity index (χ0v) is 15.4. The monoisotopic (exact) mass is 369 g/mol. The third-order valence-corrected chi connectivity index (χ3v) is 4.39. The van der Waals surface area contributed by atoms with Gasteiger partial charge in [0.1, 0.15) is 0 Å². The van der Waals surface area contributed by atoms with Crippen molar-refractivity contribution in [1.29, 1.82) is 0 Å². The van der Waals surface area contributed by atoms with Gasteiger partial charge in [0.2, 0.25) is 5.78 Å². The van der Waals surface area contributed by atoms with Crippen LogP contribution in [0.25, 0.3) is 10.9 Å². The van der Waals surface area contributed by atoms with Gasteiger partial charge in [-0.1, -0.05) is 18.2 Å². The number of ether oxygens (including phenoxy) is 2. The summed E-state index contributed by atoms with van der Waals surface area (Å²) in [5, 5.41) is 7.33. The number of fused-ring (bicyclic) bond motifs is 1. The van der Waals surface area contributed by atoms with E-state index in [0.717, 1.165) is 0 Å². The SMILES string of the molecule is COC(=O)c1c(C)[nH]c(C(=O)[C@H](C)OC(=O)c2n[nH]c3ccccc23)c1C. The molecule has 1 atom stereocenters. The molecule has 2 N–H and O–H groups in total. The third kappa shape index (κ3) is 3.21. The molecule has 8 nitrogen and oxygen atoms in total. The third-order valence-electron chi connectivity index (χ3n) is 4.39. The summed E-state index contributed by atoms with van der Waals surface area (Å²) in [4.78, 5) is 39.9. The molecule has 140 valence electrons. The molecule has 27 heavy (non-hydrogen) atoms. The molecule has 0 fully saturated rings. The number of hydrogen-bond acceptors (Lipinski definition) is 6. The number of aromatic amines is 2. The average molecular weight is 369 g/mol. The maximum absolute atomic E-state index is 12.7. The van der Waals surface area contributed by atoms with Crippen molar-refractivity contribution < 1.29 is 23.9 Å².